The maximum atomic E-state index is 15.2. The molecule has 2 bridgehead atoms. The molecule has 2 aromatic rings. The van der Waals surface area contributed by atoms with Gasteiger partial charge in [0.25, 0.3) is 0 Å². The van der Waals surface area contributed by atoms with Crippen molar-refractivity contribution in [1.82, 2.24) is 10.2 Å². The van der Waals surface area contributed by atoms with Gasteiger partial charge < -0.3 is 20.5 Å². The van der Waals surface area contributed by atoms with E-state index in [2.05, 4.69) is 5.32 Å². The molecule has 3 aliphatic rings. The van der Waals surface area contributed by atoms with Gasteiger partial charge in [-0.05, 0) is 80.8 Å². The molecule has 4 atom stereocenters. The Kier molecular flexibility index (Phi) is 6.82. The largest absolute Gasteiger partial charge is 0.457 e. The van der Waals surface area contributed by atoms with Crippen LogP contribution in [0.15, 0.2) is 36.4 Å². The van der Waals surface area contributed by atoms with Crippen molar-refractivity contribution in [1.29, 1.82) is 0 Å². The molecule has 4 unspecified atom stereocenters. The standard InChI is InChI=1S/C29H32FN3O6/c1-29(2,3)39-28(37)33-20-8-6-18(11-20)24(33)26(35)32-23(25(31)34)13-17-5-4-16(12-22(17)30)15-7-9-21-19(10-15)14-38-27(21)36/h4-5,7,9-10,12,18,20,23-24H,6,8,11,13-14H2,1-3H3,(H2,31,34)(H,32,35). The van der Waals surface area contributed by atoms with Crippen LogP contribution in [-0.2, 0) is 32.1 Å². The van der Waals surface area contributed by atoms with E-state index in [9.17, 15) is 19.2 Å². The van der Waals surface area contributed by atoms with Crippen LogP contribution in [-0.4, -0.2) is 52.5 Å². The number of nitrogens with two attached hydrogens (primary N) is 1. The highest BCUT2D eigenvalue weighted by atomic mass is 19.1. The number of esters is 1. The van der Waals surface area contributed by atoms with Crippen molar-refractivity contribution in [2.24, 2.45) is 11.7 Å². The number of benzene rings is 2. The number of hydrogen-bond donors (Lipinski definition) is 2. The minimum absolute atomic E-state index is 0.0416. The van der Waals surface area contributed by atoms with Crippen molar-refractivity contribution in [2.75, 3.05) is 0 Å². The summed E-state index contributed by atoms with van der Waals surface area (Å²) >= 11 is 0. The van der Waals surface area contributed by atoms with E-state index in [4.69, 9.17) is 15.2 Å². The second-order valence-corrected chi connectivity index (χ2v) is 11.5. The molecule has 1 aliphatic carbocycles. The lowest BCUT2D eigenvalue weighted by Gasteiger charge is -2.36. The third-order valence-electron chi connectivity index (χ3n) is 7.61. The van der Waals surface area contributed by atoms with E-state index in [0.29, 0.717) is 17.5 Å². The molecule has 3 amide bonds. The number of primary amides is 1. The van der Waals surface area contributed by atoms with Gasteiger partial charge in [0.2, 0.25) is 11.8 Å². The Morgan fingerprint density at radius 3 is 2.56 bits per heavy atom. The number of likely N-dealkylation sites (tertiary alicyclic amines) is 1. The number of amides is 3. The maximum Gasteiger partial charge on any atom is 0.411 e. The van der Waals surface area contributed by atoms with Crippen molar-refractivity contribution in [3.63, 3.8) is 0 Å². The van der Waals surface area contributed by atoms with Gasteiger partial charge in [-0.3, -0.25) is 14.5 Å². The molecule has 39 heavy (non-hydrogen) atoms. The molecule has 0 radical (unpaired) electrons. The zero-order valence-corrected chi connectivity index (χ0v) is 22.2. The number of piperidine rings is 1. The van der Waals surface area contributed by atoms with Gasteiger partial charge in [0.15, 0.2) is 0 Å². The molecule has 2 aliphatic heterocycles. The number of rotatable bonds is 6. The van der Waals surface area contributed by atoms with Crippen molar-refractivity contribution in [3.05, 3.63) is 58.9 Å². The molecule has 9 nitrogen and oxygen atoms in total. The number of nitrogens with zero attached hydrogens (tertiary/aromatic N) is 1. The zero-order chi connectivity index (χ0) is 28.1. The highest BCUT2D eigenvalue weighted by molar-refractivity contribution is 5.94. The number of halogens is 1. The number of nitrogens with one attached hydrogen (secondary N) is 1. The summed E-state index contributed by atoms with van der Waals surface area (Å²) in [4.78, 5) is 51.7. The van der Waals surface area contributed by atoms with Gasteiger partial charge in [-0.15, -0.1) is 0 Å². The first-order valence-corrected chi connectivity index (χ1v) is 13.1. The molecule has 2 aromatic carbocycles. The number of carbonyl (C=O) groups is 4. The van der Waals surface area contributed by atoms with Crippen LogP contribution in [0, 0.1) is 11.7 Å². The van der Waals surface area contributed by atoms with Crippen LogP contribution in [0.4, 0.5) is 9.18 Å². The molecular formula is C29H32FN3O6. The van der Waals surface area contributed by atoms with E-state index in [-0.39, 0.29) is 36.5 Å². The van der Waals surface area contributed by atoms with E-state index in [1.54, 1.807) is 51.1 Å². The molecule has 2 fully saturated rings. The first-order valence-electron chi connectivity index (χ1n) is 13.1. The van der Waals surface area contributed by atoms with Crippen LogP contribution in [0.25, 0.3) is 11.1 Å². The Morgan fingerprint density at radius 1 is 1.15 bits per heavy atom. The molecule has 1 saturated heterocycles. The zero-order valence-electron chi connectivity index (χ0n) is 22.2. The molecule has 206 valence electrons. The fourth-order valence-electron chi connectivity index (χ4n) is 5.81. The predicted molar refractivity (Wildman–Crippen MR) is 139 cm³/mol. The van der Waals surface area contributed by atoms with Crippen molar-refractivity contribution in [3.8, 4) is 11.1 Å². The van der Waals surface area contributed by atoms with Crippen LogP contribution in [0.5, 0.6) is 0 Å². The molecule has 10 heteroatoms. The average molecular weight is 538 g/mol. The first-order chi connectivity index (χ1) is 18.4. The third kappa shape index (κ3) is 5.32. The summed E-state index contributed by atoms with van der Waals surface area (Å²) in [5.74, 6) is -2.28. The Labute approximate surface area is 225 Å². The number of cyclic esters (lactones) is 1. The van der Waals surface area contributed by atoms with Gasteiger partial charge in [-0.2, -0.15) is 0 Å². The summed E-state index contributed by atoms with van der Waals surface area (Å²) in [7, 11) is 0. The maximum absolute atomic E-state index is 15.2. The summed E-state index contributed by atoms with van der Waals surface area (Å²) in [5.41, 5.74) is 7.63. The topological polar surface area (TPSA) is 128 Å². The number of ether oxygens (including phenoxy) is 2. The van der Waals surface area contributed by atoms with Crippen LogP contribution < -0.4 is 11.1 Å². The lowest BCUT2D eigenvalue weighted by molar-refractivity contribution is -0.132. The number of fused-ring (bicyclic) bond motifs is 3. The van der Waals surface area contributed by atoms with Crippen molar-refractivity contribution < 1.29 is 33.0 Å². The van der Waals surface area contributed by atoms with E-state index in [0.717, 1.165) is 24.0 Å². The van der Waals surface area contributed by atoms with Crippen molar-refractivity contribution in [2.45, 2.75) is 76.8 Å². The van der Waals surface area contributed by atoms with Gasteiger partial charge in [-0.25, -0.2) is 14.0 Å². The van der Waals surface area contributed by atoms with Gasteiger partial charge >= 0.3 is 12.1 Å². The summed E-state index contributed by atoms with van der Waals surface area (Å²) < 4.78 is 25.7. The molecule has 3 N–H and O–H groups in total. The lowest BCUT2D eigenvalue weighted by Crippen LogP contribution is -2.57. The molecule has 1 saturated carbocycles. The summed E-state index contributed by atoms with van der Waals surface area (Å²) in [6.07, 6.45) is 1.57. The fourth-order valence-corrected chi connectivity index (χ4v) is 5.81. The Hall–Kier alpha value is -3.95. The normalized spacial score (nSPS) is 22.3. The van der Waals surface area contributed by atoms with Crippen LogP contribution in [0.2, 0.25) is 0 Å². The Morgan fingerprint density at radius 2 is 1.87 bits per heavy atom. The molecule has 5 rings (SSSR count). The molecule has 0 spiro atoms. The second kappa shape index (κ2) is 9.98. The Balaban J connectivity index is 1.30. The minimum atomic E-state index is -1.17. The monoisotopic (exact) mass is 537 g/mol. The highest BCUT2D eigenvalue weighted by Gasteiger charge is 2.52. The summed E-state index contributed by atoms with van der Waals surface area (Å²) in [5, 5.41) is 2.67. The first kappa shape index (κ1) is 26.6. The van der Waals surface area contributed by atoms with E-state index < -0.39 is 41.4 Å². The SMILES string of the molecule is CC(C)(C)OC(=O)N1C2CCC(C2)C1C(=O)NC(Cc1ccc(-c2ccc3c(c2)COC3=O)cc1F)C(N)=O. The van der Waals surface area contributed by atoms with E-state index in [1.165, 1.54) is 11.0 Å². The summed E-state index contributed by atoms with van der Waals surface area (Å²) in [6.45, 7) is 5.46. The smallest absolute Gasteiger partial charge is 0.411 e. The van der Waals surface area contributed by atoms with E-state index in [1.807, 2.05) is 0 Å². The second-order valence-electron chi connectivity index (χ2n) is 11.5. The van der Waals surface area contributed by atoms with Crippen LogP contribution >= 0.6 is 0 Å². The quantitative estimate of drug-likeness (QED) is 0.543. The number of carbonyl (C=O) groups excluding carboxylic acids is 4. The molecule has 2 heterocycles. The van der Waals surface area contributed by atoms with Crippen LogP contribution in [0.1, 0.15) is 61.5 Å². The molecule has 0 aromatic heterocycles. The lowest BCUT2D eigenvalue weighted by atomic mass is 9.96. The van der Waals surface area contributed by atoms with Gasteiger partial charge in [-0.1, -0.05) is 18.2 Å². The minimum Gasteiger partial charge on any atom is -0.457 e. The Bertz CT molecular complexity index is 1350. The van der Waals surface area contributed by atoms with Gasteiger partial charge in [0.05, 0.1) is 5.56 Å². The number of hydrogen-bond acceptors (Lipinski definition) is 6. The van der Waals surface area contributed by atoms with Gasteiger partial charge in [0.1, 0.15) is 30.1 Å². The third-order valence-corrected chi connectivity index (χ3v) is 7.61. The fraction of sp³-hybridized carbons (Fsp3) is 0.448. The molecular weight excluding hydrogens is 505 g/mol. The van der Waals surface area contributed by atoms with Crippen LogP contribution in [0.3, 0.4) is 0 Å². The highest BCUT2D eigenvalue weighted by Crippen LogP contribution is 2.43. The van der Waals surface area contributed by atoms with Gasteiger partial charge in [0, 0.05) is 18.0 Å². The predicted octanol–water partition coefficient (Wildman–Crippen LogP) is 3.46. The van der Waals surface area contributed by atoms with Crippen molar-refractivity contribution >= 4 is 23.9 Å². The average Bonchev–Trinajstić information content (AvgIpc) is 3.58. The van der Waals surface area contributed by atoms with E-state index >= 15 is 4.39 Å². The summed E-state index contributed by atoms with van der Waals surface area (Å²) in [6, 6.07) is 7.72.